The van der Waals surface area contributed by atoms with Gasteiger partial charge in [0.2, 0.25) is 0 Å². The highest BCUT2D eigenvalue weighted by Gasteiger charge is 2.17. The molecule has 29 heavy (non-hydrogen) atoms. The van der Waals surface area contributed by atoms with Crippen LogP contribution in [0.2, 0.25) is 0 Å². The van der Waals surface area contributed by atoms with Gasteiger partial charge in [-0.25, -0.2) is 4.68 Å². The number of aryl methyl sites for hydroxylation is 1. The van der Waals surface area contributed by atoms with E-state index < -0.39 is 0 Å². The molecule has 0 N–H and O–H groups in total. The Labute approximate surface area is 176 Å². The highest BCUT2D eigenvalue weighted by molar-refractivity contribution is 5.96. The van der Waals surface area contributed by atoms with Crippen molar-refractivity contribution in [1.29, 1.82) is 0 Å². The molecule has 0 saturated carbocycles. The molecule has 0 aliphatic carbocycles. The molecule has 0 radical (unpaired) electrons. The zero-order valence-corrected chi connectivity index (χ0v) is 18.8. The van der Waals surface area contributed by atoms with E-state index in [0.29, 0.717) is 5.56 Å². The summed E-state index contributed by atoms with van der Waals surface area (Å²) >= 11 is 0. The van der Waals surface area contributed by atoms with Gasteiger partial charge in [-0.15, -0.1) is 0 Å². The lowest BCUT2D eigenvalue weighted by atomic mass is 10.0. The topological polar surface area (TPSA) is 44.1 Å². The van der Waals surface area contributed by atoms with Crippen molar-refractivity contribution in [3.8, 4) is 5.75 Å². The van der Waals surface area contributed by atoms with E-state index in [1.807, 2.05) is 38.1 Å². The lowest BCUT2D eigenvalue weighted by Crippen LogP contribution is -2.15. The summed E-state index contributed by atoms with van der Waals surface area (Å²) in [6.45, 7) is 9.18. The highest BCUT2D eigenvalue weighted by atomic mass is 16.5. The van der Waals surface area contributed by atoms with Crippen molar-refractivity contribution >= 4 is 5.91 Å². The van der Waals surface area contributed by atoms with Gasteiger partial charge in [-0.3, -0.25) is 4.79 Å². The molecular weight excluding hydrogens is 360 g/mol. The van der Waals surface area contributed by atoms with Crippen LogP contribution in [0.5, 0.6) is 5.75 Å². The molecule has 160 valence electrons. The van der Waals surface area contributed by atoms with Gasteiger partial charge in [-0.05, 0) is 62.9 Å². The zero-order valence-electron chi connectivity index (χ0n) is 18.8. The highest BCUT2D eigenvalue weighted by Crippen LogP contribution is 2.19. The van der Waals surface area contributed by atoms with E-state index in [1.54, 1.807) is 4.68 Å². The minimum atomic E-state index is -0.0719. The second-order valence-corrected chi connectivity index (χ2v) is 7.96. The third-order valence-electron chi connectivity index (χ3n) is 5.53. The van der Waals surface area contributed by atoms with Gasteiger partial charge in [-0.1, -0.05) is 58.8 Å². The second-order valence-electron chi connectivity index (χ2n) is 7.96. The first kappa shape index (κ1) is 23.2. The number of aromatic nitrogens is 2. The molecule has 0 spiro atoms. The normalized spacial score (nSPS) is 11.0. The smallest absolute Gasteiger partial charge is 0.278 e. The molecule has 0 bridgehead atoms. The fourth-order valence-electron chi connectivity index (χ4n) is 3.67. The maximum atomic E-state index is 13.0. The van der Waals surface area contributed by atoms with Gasteiger partial charge in [0.25, 0.3) is 5.91 Å². The van der Waals surface area contributed by atoms with Crippen LogP contribution in [0.4, 0.5) is 0 Å². The quantitative estimate of drug-likeness (QED) is 0.354. The molecule has 1 aromatic heterocycles. The van der Waals surface area contributed by atoms with Crippen LogP contribution in [0.3, 0.4) is 0 Å². The zero-order chi connectivity index (χ0) is 21.1. The van der Waals surface area contributed by atoms with Crippen LogP contribution in [0, 0.1) is 13.8 Å². The second kappa shape index (κ2) is 12.5. The van der Waals surface area contributed by atoms with Gasteiger partial charge >= 0.3 is 0 Å². The number of carbonyl (C=O) groups is 1. The van der Waals surface area contributed by atoms with Crippen molar-refractivity contribution in [1.82, 2.24) is 9.78 Å². The lowest BCUT2D eigenvalue weighted by molar-refractivity contribution is 0.0942. The Balaban J connectivity index is 1.94. The molecule has 2 aromatic rings. The van der Waals surface area contributed by atoms with Crippen LogP contribution in [0.25, 0.3) is 0 Å². The van der Waals surface area contributed by atoms with Gasteiger partial charge in [-0.2, -0.15) is 5.10 Å². The third kappa shape index (κ3) is 7.02. The number of ether oxygens (including phenoxy) is 1. The number of hydrogen-bond acceptors (Lipinski definition) is 3. The molecular formula is C25H38N2O2. The Morgan fingerprint density at radius 3 is 2.17 bits per heavy atom. The minimum absolute atomic E-state index is 0.0719. The summed E-state index contributed by atoms with van der Waals surface area (Å²) in [6, 6.07) is 7.44. The Bertz CT molecular complexity index is 747. The summed E-state index contributed by atoms with van der Waals surface area (Å²) < 4.78 is 7.35. The summed E-state index contributed by atoms with van der Waals surface area (Å²) in [4.78, 5) is 13.0. The maximum Gasteiger partial charge on any atom is 0.278 e. The Morgan fingerprint density at radius 2 is 1.52 bits per heavy atom. The lowest BCUT2D eigenvalue weighted by Gasteiger charge is -2.08. The Morgan fingerprint density at radius 1 is 0.897 bits per heavy atom. The molecule has 0 atom stereocenters. The molecule has 4 heteroatoms. The predicted octanol–water partition coefficient (Wildman–Crippen LogP) is 6.66. The van der Waals surface area contributed by atoms with Gasteiger partial charge in [0.15, 0.2) is 0 Å². The van der Waals surface area contributed by atoms with Crippen molar-refractivity contribution in [3.05, 3.63) is 46.8 Å². The average molecular weight is 399 g/mol. The van der Waals surface area contributed by atoms with Gasteiger partial charge in [0, 0.05) is 11.3 Å². The molecule has 4 nitrogen and oxygen atoms in total. The SMILES string of the molecule is CCCCCCCc1c(C)nn(C(=O)c2ccc(OCCCCCC)cc2)c1C. The first-order valence-corrected chi connectivity index (χ1v) is 11.4. The third-order valence-corrected chi connectivity index (χ3v) is 5.53. The number of benzene rings is 1. The first-order chi connectivity index (χ1) is 14.1. The Hall–Kier alpha value is -2.10. The molecule has 1 heterocycles. The number of hydrogen-bond donors (Lipinski definition) is 0. The average Bonchev–Trinajstić information content (AvgIpc) is 3.01. The van der Waals surface area contributed by atoms with E-state index in [4.69, 9.17) is 4.74 Å². The molecule has 0 aliphatic rings. The summed E-state index contributed by atoms with van der Waals surface area (Å²) in [5.74, 6) is 0.747. The van der Waals surface area contributed by atoms with Gasteiger partial charge < -0.3 is 4.74 Å². The van der Waals surface area contributed by atoms with Crippen molar-refractivity contribution in [2.75, 3.05) is 6.61 Å². The van der Waals surface area contributed by atoms with E-state index >= 15 is 0 Å². The maximum absolute atomic E-state index is 13.0. The number of carbonyl (C=O) groups excluding carboxylic acids is 1. The van der Waals surface area contributed by atoms with Crippen molar-refractivity contribution in [2.24, 2.45) is 0 Å². The summed E-state index contributed by atoms with van der Waals surface area (Å²) in [5, 5.41) is 4.54. The molecule has 0 aliphatic heterocycles. The fourth-order valence-corrected chi connectivity index (χ4v) is 3.67. The van der Waals surface area contributed by atoms with Crippen LogP contribution in [0.1, 0.15) is 98.9 Å². The minimum Gasteiger partial charge on any atom is -0.494 e. The van der Waals surface area contributed by atoms with Crippen LogP contribution in [-0.4, -0.2) is 22.3 Å². The van der Waals surface area contributed by atoms with E-state index in [9.17, 15) is 4.79 Å². The van der Waals surface area contributed by atoms with Gasteiger partial charge in [0.1, 0.15) is 5.75 Å². The largest absolute Gasteiger partial charge is 0.494 e. The number of nitrogens with zero attached hydrogens (tertiary/aromatic N) is 2. The molecule has 1 aromatic carbocycles. The summed E-state index contributed by atoms with van der Waals surface area (Å²) in [6.07, 6.45) is 12.0. The predicted molar refractivity (Wildman–Crippen MR) is 120 cm³/mol. The summed E-state index contributed by atoms with van der Waals surface area (Å²) in [5.41, 5.74) is 3.81. The Kier molecular flexibility index (Phi) is 9.96. The number of unbranched alkanes of at least 4 members (excludes halogenated alkanes) is 7. The van der Waals surface area contributed by atoms with E-state index in [2.05, 4.69) is 18.9 Å². The van der Waals surface area contributed by atoms with Gasteiger partial charge in [0.05, 0.1) is 12.3 Å². The van der Waals surface area contributed by atoms with Crippen molar-refractivity contribution in [3.63, 3.8) is 0 Å². The monoisotopic (exact) mass is 398 g/mol. The fraction of sp³-hybridized carbons (Fsp3) is 0.600. The van der Waals surface area contributed by atoms with Crippen molar-refractivity contribution in [2.45, 2.75) is 91.9 Å². The van der Waals surface area contributed by atoms with Crippen LogP contribution in [-0.2, 0) is 6.42 Å². The molecule has 0 saturated heterocycles. The van der Waals surface area contributed by atoms with Crippen LogP contribution >= 0.6 is 0 Å². The molecule has 0 fully saturated rings. The van der Waals surface area contributed by atoms with Crippen LogP contribution < -0.4 is 4.74 Å². The van der Waals surface area contributed by atoms with Crippen molar-refractivity contribution < 1.29 is 9.53 Å². The van der Waals surface area contributed by atoms with E-state index in [0.717, 1.165) is 43.0 Å². The number of rotatable bonds is 13. The van der Waals surface area contributed by atoms with E-state index in [-0.39, 0.29) is 5.91 Å². The molecule has 2 rings (SSSR count). The standard InChI is InChI=1S/C25H38N2O2/c1-5-7-9-11-12-14-24-20(3)26-27(21(24)4)25(28)22-15-17-23(18-16-22)29-19-13-10-8-6-2/h15-18H,5-14,19H2,1-4H3. The van der Waals surface area contributed by atoms with Crippen LogP contribution in [0.15, 0.2) is 24.3 Å². The molecule has 0 amide bonds. The first-order valence-electron chi connectivity index (χ1n) is 11.4. The summed E-state index contributed by atoms with van der Waals surface area (Å²) in [7, 11) is 0. The van der Waals surface area contributed by atoms with E-state index in [1.165, 1.54) is 50.5 Å². The molecule has 0 unspecified atom stereocenters.